The maximum atomic E-state index is 6.07. The first-order valence-electron chi connectivity index (χ1n) is 6.81. The number of nitrogens with two attached hydrogens (primary N) is 1. The van der Waals surface area contributed by atoms with Crippen molar-refractivity contribution in [2.75, 3.05) is 24.7 Å². The van der Waals surface area contributed by atoms with Crippen LogP contribution in [0, 0.1) is 5.41 Å². The summed E-state index contributed by atoms with van der Waals surface area (Å²) in [7, 11) is 1.65. The lowest BCUT2D eigenvalue weighted by Crippen LogP contribution is -2.29. The number of benzene rings is 1. The number of hydrogen-bond acceptors (Lipinski definition) is 3. The summed E-state index contributed by atoms with van der Waals surface area (Å²) < 4.78 is 5.24. The Kier molecular flexibility index (Phi) is 4.00. The minimum Gasteiger partial charge on any atom is -0.495 e. The summed E-state index contributed by atoms with van der Waals surface area (Å²) >= 11 is 0. The third-order valence-electron chi connectivity index (χ3n) is 4.05. The number of para-hydroxylation sites is 1. The minimum absolute atomic E-state index is 0.410. The van der Waals surface area contributed by atoms with Crippen molar-refractivity contribution in [3.8, 4) is 5.75 Å². The molecular formula is C15H24N2O. The minimum atomic E-state index is 0.410. The summed E-state index contributed by atoms with van der Waals surface area (Å²) in [6.45, 7) is 3.36. The lowest BCUT2D eigenvalue weighted by molar-refractivity contribution is 0.233. The molecule has 3 N–H and O–H groups in total. The van der Waals surface area contributed by atoms with E-state index >= 15 is 0 Å². The molecule has 0 amide bonds. The van der Waals surface area contributed by atoms with Gasteiger partial charge in [-0.25, -0.2) is 0 Å². The Morgan fingerprint density at radius 1 is 1.28 bits per heavy atom. The predicted molar refractivity (Wildman–Crippen MR) is 77.1 cm³/mol. The molecule has 18 heavy (non-hydrogen) atoms. The van der Waals surface area contributed by atoms with Gasteiger partial charge in [0.25, 0.3) is 0 Å². The second-order valence-electron chi connectivity index (χ2n) is 5.65. The van der Waals surface area contributed by atoms with Crippen LogP contribution in [0.2, 0.25) is 0 Å². The number of nitrogen functional groups attached to an aromatic ring is 1. The molecule has 1 aromatic carbocycles. The Hall–Kier alpha value is -1.38. The summed E-state index contributed by atoms with van der Waals surface area (Å²) in [6.07, 6.45) is 6.71. The van der Waals surface area contributed by atoms with E-state index in [1.165, 1.54) is 32.1 Å². The van der Waals surface area contributed by atoms with Crippen molar-refractivity contribution < 1.29 is 4.74 Å². The summed E-state index contributed by atoms with van der Waals surface area (Å²) in [5, 5.41) is 3.49. The normalized spacial score (nSPS) is 18.3. The topological polar surface area (TPSA) is 47.3 Å². The van der Waals surface area contributed by atoms with Gasteiger partial charge in [0.2, 0.25) is 0 Å². The van der Waals surface area contributed by atoms with Crippen molar-refractivity contribution >= 4 is 11.4 Å². The smallest absolute Gasteiger partial charge is 0.143 e. The number of nitrogens with one attached hydrogen (secondary N) is 1. The number of anilines is 2. The van der Waals surface area contributed by atoms with Crippen LogP contribution in [0.4, 0.5) is 11.4 Å². The Bertz CT molecular complexity index is 397. The van der Waals surface area contributed by atoms with Gasteiger partial charge in [-0.05, 0) is 30.4 Å². The third-order valence-corrected chi connectivity index (χ3v) is 4.05. The average Bonchev–Trinajstić information content (AvgIpc) is 2.38. The Labute approximate surface area is 110 Å². The molecule has 0 radical (unpaired) electrons. The highest BCUT2D eigenvalue weighted by atomic mass is 16.5. The van der Waals surface area contributed by atoms with Crippen LogP contribution >= 0.6 is 0 Å². The van der Waals surface area contributed by atoms with Gasteiger partial charge in [0.15, 0.2) is 0 Å². The first-order chi connectivity index (χ1) is 8.64. The van der Waals surface area contributed by atoms with Crippen LogP contribution in [0.5, 0.6) is 5.75 Å². The summed E-state index contributed by atoms with van der Waals surface area (Å²) in [6, 6.07) is 5.88. The van der Waals surface area contributed by atoms with Crippen LogP contribution in [-0.4, -0.2) is 13.7 Å². The molecule has 0 bridgehead atoms. The van der Waals surface area contributed by atoms with Crippen LogP contribution in [-0.2, 0) is 0 Å². The second kappa shape index (κ2) is 5.51. The van der Waals surface area contributed by atoms with E-state index < -0.39 is 0 Å². The van der Waals surface area contributed by atoms with Gasteiger partial charge in [0.1, 0.15) is 5.75 Å². The number of ether oxygens (including phenoxy) is 1. The van der Waals surface area contributed by atoms with E-state index in [1.54, 1.807) is 7.11 Å². The average molecular weight is 248 g/mol. The molecule has 1 saturated carbocycles. The van der Waals surface area contributed by atoms with E-state index in [1.807, 2.05) is 18.2 Å². The maximum Gasteiger partial charge on any atom is 0.143 e. The van der Waals surface area contributed by atoms with Gasteiger partial charge in [-0.15, -0.1) is 0 Å². The van der Waals surface area contributed by atoms with Gasteiger partial charge < -0.3 is 15.8 Å². The zero-order valence-electron chi connectivity index (χ0n) is 11.5. The lowest BCUT2D eigenvalue weighted by Gasteiger charge is -2.34. The van der Waals surface area contributed by atoms with Crippen LogP contribution < -0.4 is 15.8 Å². The van der Waals surface area contributed by atoms with Crippen LogP contribution in [0.3, 0.4) is 0 Å². The van der Waals surface area contributed by atoms with E-state index in [9.17, 15) is 0 Å². The molecule has 1 fully saturated rings. The van der Waals surface area contributed by atoms with E-state index in [2.05, 4.69) is 12.2 Å². The Morgan fingerprint density at radius 2 is 2.00 bits per heavy atom. The first kappa shape index (κ1) is 13.1. The molecule has 0 atom stereocenters. The molecule has 1 aliphatic carbocycles. The predicted octanol–water partition coefficient (Wildman–Crippen LogP) is 3.66. The SMILES string of the molecule is COc1cccc(NCC2(C)CCCCC2)c1N. The summed E-state index contributed by atoms with van der Waals surface area (Å²) in [4.78, 5) is 0. The molecule has 3 heteroatoms. The molecule has 0 heterocycles. The molecule has 0 aromatic heterocycles. The fourth-order valence-electron chi connectivity index (χ4n) is 2.77. The van der Waals surface area contributed by atoms with Gasteiger partial charge in [-0.1, -0.05) is 32.3 Å². The number of hydrogen-bond donors (Lipinski definition) is 2. The first-order valence-corrected chi connectivity index (χ1v) is 6.81. The Morgan fingerprint density at radius 3 is 2.67 bits per heavy atom. The van der Waals surface area contributed by atoms with Gasteiger partial charge in [-0.2, -0.15) is 0 Å². The summed E-state index contributed by atoms with van der Waals surface area (Å²) in [5.41, 5.74) is 8.17. The van der Waals surface area contributed by atoms with Crippen molar-refractivity contribution in [3.63, 3.8) is 0 Å². The summed E-state index contributed by atoms with van der Waals surface area (Å²) in [5.74, 6) is 0.744. The van der Waals surface area contributed by atoms with Crippen molar-refractivity contribution in [1.82, 2.24) is 0 Å². The van der Waals surface area contributed by atoms with Crippen molar-refractivity contribution in [1.29, 1.82) is 0 Å². The van der Waals surface area contributed by atoms with Gasteiger partial charge >= 0.3 is 0 Å². The zero-order valence-corrected chi connectivity index (χ0v) is 11.5. The molecule has 3 nitrogen and oxygen atoms in total. The lowest BCUT2D eigenvalue weighted by atomic mass is 9.76. The highest BCUT2D eigenvalue weighted by Crippen LogP contribution is 2.37. The molecule has 2 rings (SSSR count). The van der Waals surface area contributed by atoms with Crippen molar-refractivity contribution in [3.05, 3.63) is 18.2 Å². The van der Waals surface area contributed by atoms with E-state index in [4.69, 9.17) is 10.5 Å². The van der Waals surface area contributed by atoms with Crippen LogP contribution in [0.25, 0.3) is 0 Å². The molecule has 0 saturated heterocycles. The third kappa shape index (κ3) is 2.89. The van der Waals surface area contributed by atoms with E-state index in [0.29, 0.717) is 11.1 Å². The Balaban J connectivity index is 2.01. The van der Waals surface area contributed by atoms with Gasteiger partial charge in [0, 0.05) is 6.54 Å². The van der Waals surface area contributed by atoms with Crippen molar-refractivity contribution in [2.24, 2.45) is 5.41 Å². The molecule has 1 aromatic rings. The van der Waals surface area contributed by atoms with Crippen LogP contribution in [0.15, 0.2) is 18.2 Å². The standard InChI is InChI=1S/C15H24N2O/c1-15(9-4-3-5-10-15)11-17-12-7-6-8-13(18-2)14(12)16/h6-8,17H,3-5,9-11,16H2,1-2H3. The fourth-order valence-corrected chi connectivity index (χ4v) is 2.77. The molecule has 0 spiro atoms. The van der Waals surface area contributed by atoms with Crippen molar-refractivity contribution in [2.45, 2.75) is 39.0 Å². The molecule has 1 aliphatic rings. The molecule has 0 aliphatic heterocycles. The van der Waals surface area contributed by atoms with Gasteiger partial charge in [0.05, 0.1) is 18.5 Å². The molecule has 0 unspecified atom stereocenters. The quantitative estimate of drug-likeness (QED) is 0.799. The second-order valence-corrected chi connectivity index (χ2v) is 5.65. The van der Waals surface area contributed by atoms with Gasteiger partial charge in [-0.3, -0.25) is 0 Å². The highest BCUT2D eigenvalue weighted by molar-refractivity contribution is 5.72. The fraction of sp³-hybridized carbons (Fsp3) is 0.600. The molecule has 100 valence electrons. The van der Waals surface area contributed by atoms with Crippen LogP contribution in [0.1, 0.15) is 39.0 Å². The monoisotopic (exact) mass is 248 g/mol. The van der Waals surface area contributed by atoms with E-state index in [-0.39, 0.29) is 0 Å². The zero-order chi connectivity index (χ0) is 13.0. The largest absolute Gasteiger partial charge is 0.495 e. The number of methoxy groups -OCH3 is 1. The van der Waals surface area contributed by atoms with E-state index in [0.717, 1.165) is 18.0 Å². The number of rotatable bonds is 4. The highest BCUT2D eigenvalue weighted by Gasteiger charge is 2.26. The molecular weight excluding hydrogens is 224 g/mol. The maximum absolute atomic E-state index is 6.07.